The van der Waals surface area contributed by atoms with Gasteiger partial charge in [0.25, 0.3) is 0 Å². The Morgan fingerprint density at radius 1 is 1.30 bits per heavy atom. The summed E-state index contributed by atoms with van der Waals surface area (Å²) in [7, 11) is 0. The number of anilines is 1. The topological polar surface area (TPSA) is 55.8 Å². The molecule has 5 heteroatoms. The highest BCUT2D eigenvalue weighted by molar-refractivity contribution is 6.03. The number of rotatable bonds is 7. The summed E-state index contributed by atoms with van der Waals surface area (Å²) < 4.78 is 11.7. The molecule has 3 aliphatic heterocycles. The zero-order valence-electron chi connectivity index (χ0n) is 16.0. The predicted octanol–water partition coefficient (Wildman–Crippen LogP) is 3.27. The molecule has 1 spiro atoms. The second-order valence-corrected chi connectivity index (χ2v) is 7.68. The highest BCUT2D eigenvalue weighted by Gasteiger charge is 2.67. The van der Waals surface area contributed by atoms with Crippen LogP contribution in [0.2, 0.25) is 0 Å². The van der Waals surface area contributed by atoms with Gasteiger partial charge in [-0.25, -0.2) is 0 Å². The lowest BCUT2D eigenvalue weighted by atomic mass is 9.77. The monoisotopic (exact) mass is 369 g/mol. The van der Waals surface area contributed by atoms with Gasteiger partial charge in [-0.3, -0.25) is 9.59 Å². The van der Waals surface area contributed by atoms with E-state index in [0.29, 0.717) is 13.2 Å². The number of hydrogen-bond donors (Lipinski definition) is 0. The Bertz CT molecular complexity index is 773. The van der Waals surface area contributed by atoms with Gasteiger partial charge in [0.15, 0.2) is 0 Å². The Morgan fingerprint density at radius 3 is 2.89 bits per heavy atom. The molecule has 4 atom stereocenters. The second-order valence-electron chi connectivity index (χ2n) is 7.68. The van der Waals surface area contributed by atoms with Crippen LogP contribution in [-0.2, 0) is 25.5 Å². The van der Waals surface area contributed by atoms with E-state index in [0.717, 1.165) is 36.9 Å². The molecule has 2 fully saturated rings. The van der Waals surface area contributed by atoms with E-state index < -0.39 is 17.4 Å². The highest BCUT2D eigenvalue weighted by Crippen LogP contribution is 2.53. The molecular formula is C22H27NO4. The summed E-state index contributed by atoms with van der Waals surface area (Å²) in [5.74, 6) is -1.36. The van der Waals surface area contributed by atoms with Crippen molar-refractivity contribution in [3.8, 4) is 0 Å². The van der Waals surface area contributed by atoms with E-state index in [4.69, 9.17) is 9.47 Å². The van der Waals surface area contributed by atoms with Crippen molar-refractivity contribution in [1.29, 1.82) is 0 Å². The standard InChI is InChI=1S/C22H27NO4/c1-3-5-8-13-26-21(25)18-17-11-12-22(27-17)14-23(20(24)19(18)22)16-10-7-6-9-15(16)4-2/h6-7,9-12,17-19H,3-5,8,13-14H2,1-2H3/t17-,18-,19-,22+/m0/s1. The van der Waals surface area contributed by atoms with Crippen molar-refractivity contribution >= 4 is 17.6 Å². The molecule has 3 aliphatic rings. The fourth-order valence-corrected chi connectivity index (χ4v) is 4.67. The van der Waals surface area contributed by atoms with E-state index in [1.54, 1.807) is 4.90 Å². The van der Waals surface area contributed by atoms with Crippen LogP contribution in [0.1, 0.15) is 38.7 Å². The van der Waals surface area contributed by atoms with E-state index in [1.807, 2.05) is 36.4 Å². The average molecular weight is 369 g/mol. The molecule has 2 bridgehead atoms. The van der Waals surface area contributed by atoms with Crippen molar-refractivity contribution in [1.82, 2.24) is 0 Å². The Morgan fingerprint density at radius 2 is 2.11 bits per heavy atom. The molecule has 0 radical (unpaired) electrons. The number of carbonyl (C=O) groups is 2. The molecule has 3 heterocycles. The van der Waals surface area contributed by atoms with Gasteiger partial charge >= 0.3 is 5.97 Å². The smallest absolute Gasteiger partial charge is 0.312 e. The lowest BCUT2D eigenvalue weighted by molar-refractivity contribution is -0.152. The number of benzene rings is 1. The number of carbonyl (C=O) groups excluding carboxylic acids is 2. The van der Waals surface area contributed by atoms with Crippen LogP contribution in [0, 0.1) is 11.8 Å². The van der Waals surface area contributed by atoms with Gasteiger partial charge in [-0.15, -0.1) is 0 Å². The molecule has 0 unspecified atom stereocenters. The molecule has 27 heavy (non-hydrogen) atoms. The molecule has 1 aromatic rings. The summed E-state index contributed by atoms with van der Waals surface area (Å²) in [4.78, 5) is 27.9. The van der Waals surface area contributed by atoms with Gasteiger partial charge in [0.05, 0.1) is 25.2 Å². The molecular weight excluding hydrogens is 342 g/mol. The summed E-state index contributed by atoms with van der Waals surface area (Å²) >= 11 is 0. The lowest BCUT2D eigenvalue weighted by Gasteiger charge is -2.23. The zero-order chi connectivity index (χ0) is 19.0. The fraction of sp³-hybridized carbons (Fsp3) is 0.545. The number of amides is 1. The largest absolute Gasteiger partial charge is 0.465 e. The van der Waals surface area contributed by atoms with Gasteiger partial charge < -0.3 is 14.4 Å². The van der Waals surface area contributed by atoms with Crippen molar-refractivity contribution in [2.45, 2.75) is 51.2 Å². The van der Waals surface area contributed by atoms with Crippen LogP contribution >= 0.6 is 0 Å². The van der Waals surface area contributed by atoms with E-state index >= 15 is 0 Å². The van der Waals surface area contributed by atoms with E-state index in [1.165, 1.54) is 0 Å². The van der Waals surface area contributed by atoms with E-state index in [9.17, 15) is 9.59 Å². The quantitative estimate of drug-likeness (QED) is 0.420. The van der Waals surface area contributed by atoms with Gasteiger partial charge in [-0.2, -0.15) is 0 Å². The fourth-order valence-electron chi connectivity index (χ4n) is 4.67. The van der Waals surface area contributed by atoms with Gasteiger partial charge in [0, 0.05) is 5.69 Å². The third-order valence-electron chi connectivity index (χ3n) is 6.03. The molecule has 4 rings (SSSR count). The van der Waals surface area contributed by atoms with E-state index in [-0.39, 0.29) is 18.0 Å². The first-order valence-electron chi connectivity index (χ1n) is 10.0. The minimum atomic E-state index is -0.699. The van der Waals surface area contributed by atoms with Gasteiger partial charge in [0.1, 0.15) is 11.5 Å². The molecule has 1 amide bonds. The minimum Gasteiger partial charge on any atom is -0.465 e. The zero-order valence-corrected chi connectivity index (χ0v) is 16.0. The Balaban J connectivity index is 1.57. The summed E-state index contributed by atoms with van der Waals surface area (Å²) in [5.41, 5.74) is 1.35. The van der Waals surface area contributed by atoms with Crippen LogP contribution in [0.3, 0.4) is 0 Å². The summed E-state index contributed by atoms with van der Waals surface area (Å²) in [6.07, 6.45) is 7.38. The van der Waals surface area contributed by atoms with Crippen LogP contribution in [0.25, 0.3) is 0 Å². The van der Waals surface area contributed by atoms with Crippen LogP contribution in [0.15, 0.2) is 36.4 Å². The van der Waals surface area contributed by atoms with Crippen LogP contribution in [0.4, 0.5) is 5.69 Å². The van der Waals surface area contributed by atoms with Crippen LogP contribution in [-0.4, -0.2) is 36.7 Å². The molecule has 2 saturated heterocycles. The maximum Gasteiger partial charge on any atom is 0.312 e. The van der Waals surface area contributed by atoms with Crippen molar-refractivity contribution in [2.75, 3.05) is 18.1 Å². The maximum atomic E-state index is 13.3. The van der Waals surface area contributed by atoms with Gasteiger partial charge in [-0.1, -0.05) is 57.0 Å². The number of para-hydroxylation sites is 1. The Kier molecular flexibility index (Phi) is 4.81. The Hall–Kier alpha value is -2.14. The molecule has 5 nitrogen and oxygen atoms in total. The number of unbranched alkanes of at least 4 members (excludes halogenated alkanes) is 2. The molecule has 1 aromatic carbocycles. The number of aryl methyl sites for hydroxylation is 1. The van der Waals surface area contributed by atoms with Crippen molar-refractivity contribution in [3.05, 3.63) is 42.0 Å². The normalized spacial score (nSPS) is 30.8. The van der Waals surface area contributed by atoms with Crippen LogP contribution < -0.4 is 4.90 Å². The number of hydrogen-bond acceptors (Lipinski definition) is 4. The maximum absolute atomic E-state index is 13.3. The summed E-state index contributed by atoms with van der Waals surface area (Å²) in [6.45, 7) is 5.06. The first kappa shape index (κ1) is 18.2. The second kappa shape index (κ2) is 7.12. The molecule has 0 saturated carbocycles. The third-order valence-corrected chi connectivity index (χ3v) is 6.03. The molecule has 0 N–H and O–H groups in total. The van der Waals surface area contributed by atoms with Gasteiger partial charge in [-0.05, 0) is 24.5 Å². The van der Waals surface area contributed by atoms with Crippen molar-refractivity contribution < 1.29 is 19.1 Å². The predicted molar refractivity (Wildman–Crippen MR) is 102 cm³/mol. The number of esters is 1. The first-order valence-corrected chi connectivity index (χ1v) is 10.0. The third kappa shape index (κ3) is 2.89. The number of ether oxygens (including phenoxy) is 2. The molecule has 0 aromatic heterocycles. The molecule has 144 valence electrons. The SMILES string of the molecule is CCCCCOC(=O)[C@H]1[C@@H]2C=C[C@]3(CN(c4ccccc4CC)C(=O)[C@H]13)O2. The lowest BCUT2D eigenvalue weighted by Crippen LogP contribution is -2.40. The molecule has 0 aliphatic carbocycles. The van der Waals surface area contributed by atoms with E-state index in [2.05, 4.69) is 13.8 Å². The summed E-state index contributed by atoms with van der Waals surface area (Å²) in [5, 5.41) is 0. The van der Waals surface area contributed by atoms with Crippen molar-refractivity contribution in [2.24, 2.45) is 11.8 Å². The van der Waals surface area contributed by atoms with Gasteiger partial charge in [0.2, 0.25) is 5.91 Å². The number of nitrogens with zero attached hydrogens (tertiary/aromatic N) is 1. The number of fused-ring (bicyclic) bond motifs is 1. The minimum absolute atomic E-state index is 0.0294. The summed E-state index contributed by atoms with van der Waals surface area (Å²) in [6, 6.07) is 7.95. The Labute approximate surface area is 160 Å². The van der Waals surface area contributed by atoms with Crippen LogP contribution in [0.5, 0.6) is 0 Å². The average Bonchev–Trinajstić information content (AvgIpc) is 3.33. The first-order chi connectivity index (χ1) is 13.1. The highest BCUT2D eigenvalue weighted by atomic mass is 16.6. The van der Waals surface area contributed by atoms with Crippen molar-refractivity contribution in [3.63, 3.8) is 0 Å².